The van der Waals surface area contributed by atoms with Crippen LogP contribution in [0, 0.1) is 32.1 Å². The molecule has 0 aliphatic heterocycles. The second-order valence-corrected chi connectivity index (χ2v) is 5.38. The van der Waals surface area contributed by atoms with E-state index in [1.807, 2.05) is 6.92 Å². The molecule has 1 aromatic heterocycles. The van der Waals surface area contributed by atoms with Gasteiger partial charge in [-0.25, -0.2) is 4.98 Å². The van der Waals surface area contributed by atoms with Gasteiger partial charge in [-0.1, -0.05) is 17.7 Å². The number of nitrogens with zero attached hydrogens (tertiary/aromatic N) is 2. The van der Waals surface area contributed by atoms with Crippen LogP contribution in [0.25, 0.3) is 10.6 Å². The number of benzene rings is 1. The van der Waals surface area contributed by atoms with E-state index in [1.54, 1.807) is 11.3 Å². The predicted molar refractivity (Wildman–Crippen MR) is 71.1 cm³/mol. The van der Waals surface area contributed by atoms with Crippen molar-refractivity contribution in [1.29, 1.82) is 5.26 Å². The highest BCUT2D eigenvalue weighted by molar-refractivity contribution is 7.15. The van der Waals surface area contributed by atoms with Gasteiger partial charge in [0.05, 0.1) is 18.2 Å². The molecular formula is C14H14N2S. The summed E-state index contributed by atoms with van der Waals surface area (Å²) < 4.78 is 0. The third kappa shape index (κ3) is 2.37. The van der Waals surface area contributed by atoms with Crippen molar-refractivity contribution in [2.24, 2.45) is 0 Å². The highest BCUT2D eigenvalue weighted by Gasteiger charge is 2.11. The molecule has 17 heavy (non-hydrogen) atoms. The zero-order chi connectivity index (χ0) is 12.4. The molecule has 0 bridgehead atoms. The van der Waals surface area contributed by atoms with Crippen LogP contribution in [0.1, 0.15) is 21.7 Å². The molecule has 0 spiro atoms. The van der Waals surface area contributed by atoms with Crippen LogP contribution in [0.3, 0.4) is 0 Å². The van der Waals surface area contributed by atoms with Crippen molar-refractivity contribution in [3.63, 3.8) is 0 Å². The first-order chi connectivity index (χ1) is 8.11. The maximum absolute atomic E-state index is 8.74. The van der Waals surface area contributed by atoms with Crippen molar-refractivity contribution in [3.8, 4) is 16.6 Å². The first-order valence-corrected chi connectivity index (χ1v) is 6.34. The monoisotopic (exact) mass is 242 g/mol. The summed E-state index contributed by atoms with van der Waals surface area (Å²) >= 11 is 1.67. The zero-order valence-corrected chi connectivity index (χ0v) is 11.1. The molecule has 2 aromatic rings. The fourth-order valence-electron chi connectivity index (χ4n) is 1.75. The fraction of sp³-hybridized carbons (Fsp3) is 0.286. The summed E-state index contributed by atoms with van der Waals surface area (Å²) in [7, 11) is 0. The molecule has 0 saturated carbocycles. The Morgan fingerprint density at radius 3 is 2.76 bits per heavy atom. The lowest BCUT2D eigenvalue weighted by atomic mass is 10.1. The molecule has 0 amide bonds. The van der Waals surface area contributed by atoms with Crippen molar-refractivity contribution < 1.29 is 0 Å². The lowest BCUT2D eigenvalue weighted by Gasteiger charge is -2.03. The minimum atomic E-state index is 0.396. The van der Waals surface area contributed by atoms with E-state index in [-0.39, 0.29) is 0 Å². The Labute approximate surface area is 106 Å². The molecule has 2 nitrogen and oxygen atoms in total. The predicted octanol–water partition coefficient (Wildman–Crippen LogP) is 3.80. The van der Waals surface area contributed by atoms with Gasteiger partial charge in [-0.3, -0.25) is 0 Å². The van der Waals surface area contributed by atoms with Gasteiger partial charge in [-0.15, -0.1) is 11.3 Å². The molecule has 0 aliphatic rings. The quantitative estimate of drug-likeness (QED) is 0.803. The largest absolute Gasteiger partial charge is 0.240 e. The number of nitriles is 1. The molecule has 0 radical (unpaired) electrons. The topological polar surface area (TPSA) is 36.7 Å². The van der Waals surface area contributed by atoms with Gasteiger partial charge in [0, 0.05) is 10.4 Å². The van der Waals surface area contributed by atoms with Gasteiger partial charge in [0.2, 0.25) is 0 Å². The summed E-state index contributed by atoms with van der Waals surface area (Å²) in [6.07, 6.45) is 0.396. The van der Waals surface area contributed by atoms with E-state index >= 15 is 0 Å². The highest BCUT2D eigenvalue weighted by Crippen LogP contribution is 2.30. The van der Waals surface area contributed by atoms with Crippen LogP contribution in [-0.4, -0.2) is 4.98 Å². The van der Waals surface area contributed by atoms with Crippen molar-refractivity contribution >= 4 is 11.3 Å². The maximum Gasteiger partial charge on any atom is 0.124 e. The number of aromatic nitrogens is 1. The van der Waals surface area contributed by atoms with Gasteiger partial charge >= 0.3 is 0 Å². The Bertz CT molecular complexity index is 591. The Kier molecular flexibility index (Phi) is 3.26. The second kappa shape index (κ2) is 4.68. The van der Waals surface area contributed by atoms with Gasteiger partial charge < -0.3 is 0 Å². The molecule has 1 heterocycles. The van der Waals surface area contributed by atoms with Crippen molar-refractivity contribution in [2.45, 2.75) is 27.2 Å². The van der Waals surface area contributed by atoms with E-state index in [9.17, 15) is 0 Å². The van der Waals surface area contributed by atoms with Crippen LogP contribution < -0.4 is 0 Å². The van der Waals surface area contributed by atoms with E-state index in [0.717, 1.165) is 15.6 Å². The minimum absolute atomic E-state index is 0.396. The molecule has 86 valence electrons. The second-order valence-electron chi connectivity index (χ2n) is 4.18. The summed E-state index contributed by atoms with van der Waals surface area (Å²) in [5.41, 5.74) is 4.56. The fourth-order valence-corrected chi connectivity index (χ4v) is 2.76. The van der Waals surface area contributed by atoms with Gasteiger partial charge in [-0.2, -0.15) is 5.26 Å². The van der Waals surface area contributed by atoms with Crippen LogP contribution in [-0.2, 0) is 6.42 Å². The first kappa shape index (κ1) is 11.8. The minimum Gasteiger partial charge on any atom is -0.240 e. The highest BCUT2D eigenvalue weighted by atomic mass is 32.1. The molecule has 2 rings (SSSR count). The molecule has 1 aromatic carbocycles. The van der Waals surface area contributed by atoms with E-state index in [2.05, 4.69) is 43.1 Å². The summed E-state index contributed by atoms with van der Waals surface area (Å²) in [4.78, 5) is 5.71. The average molecular weight is 242 g/mol. The summed E-state index contributed by atoms with van der Waals surface area (Å²) in [6, 6.07) is 8.54. The van der Waals surface area contributed by atoms with Crippen LogP contribution in [0.2, 0.25) is 0 Å². The molecule has 0 unspecified atom stereocenters. The van der Waals surface area contributed by atoms with E-state index in [0.29, 0.717) is 6.42 Å². The maximum atomic E-state index is 8.74. The van der Waals surface area contributed by atoms with E-state index in [4.69, 9.17) is 5.26 Å². The third-order valence-corrected chi connectivity index (χ3v) is 3.81. The van der Waals surface area contributed by atoms with Gasteiger partial charge in [0.25, 0.3) is 0 Å². The van der Waals surface area contributed by atoms with Crippen molar-refractivity contribution in [3.05, 3.63) is 39.9 Å². The molecule has 0 fully saturated rings. The number of thiazole rings is 1. The summed E-state index contributed by atoms with van der Waals surface area (Å²) in [5, 5.41) is 9.76. The number of aryl methyl sites for hydroxylation is 3. The Hall–Kier alpha value is -1.66. The SMILES string of the molecule is Cc1ccc(C)c(-c2nc(CC#N)c(C)s2)c1. The zero-order valence-electron chi connectivity index (χ0n) is 10.2. The third-order valence-electron chi connectivity index (χ3n) is 2.76. The van der Waals surface area contributed by atoms with Crippen LogP contribution in [0.15, 0.2) is 18.2 Å². The summed E-state index contributed by atoms with van der Waals surface area (Å²) in [5.74, 6) is 0. The first-order valence-electron chi connectivity index (χ1n) is 5.52. The Morgan fingerprint density at radius 2 is 2.06 bits per heavy atom. The smallest absolute Gasteiger partial charge is 0.124 e. The normalized spacial score (nSPS) is 10.2. The van der Waals surface area contributed by atoms with E-state index < -0.39 is 0 Å². The van der Waals surface area contributed by atoms with Crippen LogP contribution >= 0.6 is 11.3 Å². The van der Waals surface area contributed by atoms with Crippen molar-refractivity contribution in [1.82, 2.24) is 4.98 Å². The molecule has 0 aliphatic carbocycles. The molecule has 0 atom stereocenters. The molecular weight excluding hydrogens is 228 g/mol. The molecule has 3 heteroatoms. The van der Waals surface area contributed by atoms with Crippen LogP contribution in [0.5, 0.6) is 0 Å². The lowest BCUT2D eigenvalue weighted by Crippen LogP contribution is -1.87. The van der Waals surface area contributed by atoms with Crippen LogP contribution in [0.4, 0.5) is 0 Å². The number of rotatable bonds is 2. The Morgan fingerprint density at radius 1 is 1.29 bits per heavy atom. The van der Waals surface area contributed by atoms with E-state index in [1.165, 1.54) is 16.7 Å². The summed E-state index contributed by atoms with van der Waals surface area (Å²) in [6.45, 7) is 6.20. The van der Waals surface area contributed by atoms with Gasteiger partial charge in [0.15, 0.2) is 0 Å². The Balaban J connectivity index is 2.50. The lowest BCUT2D eigenvalue weighted by molar-refractivity contribution is 1.13. The van der Waals surface area contributed by atoms with Gasteiger partial charge in [0.1, 0.15) is 5.01 Å². The number of hydrogen-bond donors (Lipinski definition) is 0. The molecule has 0 N–H and O–H groups in total. The van der Waals surface area contributed by atoms with Gasteiger partial charge in [-0.05, 0) is 32.4 Å². The average Bonchev–Trinajstić information content (AvgIpc) is 2.64. The van der Waals surface area contributed by atoms with Crippen molar-refractivity contribution in [2.75, 3.05) is 0 Å². The number of hydrogen-bond acceptors (Lipinski definition) is 3. The molecule has 0 saturated heterocycles. The standard InChI is InChI=1S/C14H14N2S/c1-9-4-5-10(2)12(8-9)14-16-13(6-7-15)11(3)17-14/h4-5,8H,6H2,1-3H3.